The molecule has 19 heavy (non-hydrogen) atoms. The van der Waals surface area contributed by atoms with Gasteiger partial charge >= 0.3 is 0 Å². The summed E-state index contributed by atoms with van der Waals surface area (Å²) < 4.78 is 28.1. The second-order valence-electron chi connectivity index (χ2n) is 4.28. The number of hydrogen-bond donors (Lipinski definition) is 2. The van der Waals surface area contributed by atoms with Crippen molar-refractivity contribution in [3.05, 3.63) is 48.1 Å². The molecule has 0 radical (unpaired) electrons. The quantitative estimate of drug-likeness (QED) is 0.836. The van der Waals surface area contributed by atoms with Crippen LogP contribution in [-0.2, 0) is 12.1 Å². The van der Waals surface area contributed by atoms with Crippen LogP contribution in [-0.4, -0.2) is 33.5 Å². The average molecular weight is 268 g/mol. The van der Waals surface area contributed by atoms with Crippen LogP contribution in [0.3, 0.4) is 0 Å². The second-order valence-corrected chi connectivity index (χ2v) is 4.28. The number of halogens is 2. The standard InChI is InChI=1S/C12H14F2N4O/c1-15-5-12(19,6-18-8-16-7-17-18)10-3-2-9(13)4-11(10)14/h2-4,7-8,15,19H,5-6H2,1H3. The highest BCUT2D eigenvalue weighted by Gasteiger charge is 2.32. The zero-order chi connectivity index (χ0) is 13.9. The van der Waals surface area contributed by atoms with Gasteiger partial charge in [0.15, 0.2) is 0 Å². The SMILES string of the molecule is CNCC(O)(Cn1cncn1)c1ccc(F)cc1F. The molecule has 2 N–H and O–H groups in total. The van der Waals surface area contributed by atoms with Crippen molar-refractivity contribution in [3.63, 3.8) is 0 Å². The lowest BCUT2D eigenvalue weighted by atomic mass is 9.93. The lowest BCUT2D eigenvalue weighted by Crippen LogP contribution is -2.41. The van der Waals surface area contributed by atoms with E-state index in [4.69, 9.17) is 0 Å². The van der Waals surface area contributed by atoms with Crippen LogP contribution in [0.5, 0.6) is 0 Å². The van der Waals surface area contributed by atoms with Gasteiger partial charge in [-0.05, 0) is 13.1 Å². The van der Waals surface area contributed by atoms with Crippen molar-refractivity contribution >= 4 is 0 Å². The van der Waals surface area contributed by atoms with Crippen LogP contribution in [0.25, 0.3) is 0 Å². The maximum Gasteiger partial charge on any atom is 0.137 e. The summed E-state index contributed by atoms with van der Waals surface area (Å²) >= 11 is 0. The molecule has 0 spiro atoms. The first-order valence-corrected chi connectivity index (χ1v) is 5.70. The Bertz CT molecular complexity index is 547. The number of nitrogens with zero attached hydrogens (tertiary/aromatic N) is 3. The topological polar surface area (TPSA) is 63.0 Å². The monoisotopic (exact) mass is 268 g/mol. The first-order chi connectivity index (χ1) is 9.05. The number of benzene rings is 1. The molecular weight excluding hydrogens is 254 g/mol. The molecule has 1 unspecified atom stereocenters. The fourth-order valence-electron chi connectivity index (χ4n) is 1.98. The van der Waals surface area contributed by atoms with Crippen LogP contribution < -0.4 is 5.32 Å². The van der Waals surface area contributed by atoms with Gasteiger partial charge in [0.25, 0.3) is 0 Å². The van der Waals surface area contributed by atoms with E-state index in [0.717, 1.165) is 12.1 Å². The largest absolute Gasteiger partial charge is 0.382 e. The van der Waals surface area contributed by atoms with Gasteiger partial charge in [0.2, 0.25) is 0 Å². The van der Waals surface area contributed by atoms with E-state index in [-0.39, 0.29) is 18.7 Å². The predicted molar refractivity (Wildman–Crippen MR) is 64.2 cm³/mol. The number of aliphatic hydroxyl groups is 1. The minimum absolute atomic E-state index is 0.0103. The van der Waals surface area contributed by atoms with Gasteiger partial charge in [-0.2, -0.15) is 5.10 Å². The van der Waals surface area contributed by atoms with Crippen LogP contribution in [0.15, 0.2) is 30.9 Å². The highest BCUT2D eigenvalue weighted by atomic mass is 19.1. The lowest BCUT2D eigenvalue weighted by Gasteiger charge is -2.28. The minimum Gasteiger partial charge on any atom is -0.382 e. The van der Waals surface area contributed by atoms with E-state index in [1.54, 1.807) is 7.05 Å². The third kappa shape index (κ3) is 2.94. The lowest BCUT2D eigenvalue weighted by molar-refractivity contribution is 0.0138. The summed E-state index contributed by atoms with van der Waals surface area (Å²) in [5, 5.41) is 17.3. The molecule has 1 aromatic carbocycles. The van der Waals surface area contributed by atoms with Crippen molar-refractivity contribution in [2.75, 3.05) is 13.6 Å². The third-order valence-corrected chi connectivity index (χ3v) is 2.79. The summed E-state index contributed by atoms with van der Waals surface area (Å²) in [5.74, 6) is -1.48. The minimum atomic E-state index is -1.54. The molecule has 0 bridgehead atoms. The summed E-state index contributed by atoms with van der Waals surface area (Å²) in [5.41, 5.74) is -1.53. The van der Waals surface area contributed by atoms with Gasteiger partial charge < -0.3 is 10.4 Å². The molecule has 5 nitrogen and oxygen atoms in total. The predicted octanol–water partition coefficient (Wildman–Crippen LogP) is 0.663. The molecule has 0 aliphatic rings. The Morgan fingerprint density at radius 2 is 2.21 bits per heavy atom. The number of hydrogen-bond acceptors (Lipinski definition) is 4. The van der Waals surface area contributed by atoms with E-state index in [9.17, 15) is 13.9 Å². The number of likely N-dealkylation sites (N-methyl/N-ethyl adjacent to an activating group) is 1. The van der Waals surface area contributed by atoms with E-state index in [0.29, 0.717) is 0 Å². The Kier molecular flexibility index (Phi) is 3.87. The average Bonchev–Trinajstić information content (AvgIpc) is 2.81. The van der Waals surface area contributed by atoms with Gasteiger partial charge in [0.1, 0.15) is 29.9 Å². The smallest absolute Gasteiger partial charge is 0.137 e. The van der Waals surface area contributed by atoms with Gasteiger partial charge in [-0.25, -0.2) is 18.4 Å². The molecule has 0 saturated carbocycles. The van der Waals surface area contributed by atoms with Crippen LogP contribution >= 0.6 is 0 Å². The molecule has 0 amide bonds. The zero-order valence-electron chi connectivity index (χ0n) is 10.3. The molecule has 0 aliphatic carbocycles. The van der Waals surface area contributed by atoms with Gasteiger partial charge in [-0.15, -0.1) is 0 Å². The molecule has 7 heteroatoms. The molecule has 102 valence electrons. The number of rotatable bonds is 5. The molecule has 0 aliphatic heterocycles. The third-order valence-electron chi connectivity index (χ3n) is 2.79. The summed E-state index contributed by atoms with van der Waals surface area (Å²) in [4.78, 5) is 3.76. The summed E-state index contributed by atoms with van der Waals surface area (Å²) in [6.45, 7) is 0.103. The molecular formula is C12H14F2N4O. The maximum absolute atomic E-state index is 13.8. The highest BCUT2D eigenvalue weighted by molar-refractivity contribution is 5.25. The number of aromatic nitrogens is 3. The first kappa shape index (κ1) is 13.6. The van der Waals surface area contributed by atoms with Gasteiger partial charge in [0.05, 0.1) is 6.54 Å². The van der Waals surface area contributed by atoms with E-state index in [2.05, 4.69) is 15.4 Å². The molecule has 2 aromatic rings. The van der Waals surface area contributed by atoms with E-state index in [1.165, 1.54) is 23.4 Å². The van der Waals surface area contributed by atoms with Crippen molar-refractivity contribution in [2.45, 2.75) is 12.1 Å². The van der Waals surface area contributed by atoms with E-state index in [1.807, 2.05) is 0 Å². The fourth-order valence-corrected chi connectivity index (χ4v) is 1.98. The van der Waals surface area contributed by atoms with Crippen LogP contribution in [0, 0.1) is 11.6 Å². The molecule has 1 aromatic heterocycles. The normalized spacial score (nSPS) is 14.3. The van der Waals surface area contributed by atoms with Gasteiger partial charge in [-0.3, -0.25) is 0 Å². The Hall–Kier alpha value is -1.86. The Morgan fingerprint density at radius 3 is 2.79 bits per heavy atom. The molecule has 2 rings (SSSR count). The summed E-state index contributed by atoms with van der Waals surface area (Å²) in [6, 6.07) is 3.09. The number of nitrogens with one attached hydrogen (secondary N) is 1. The van der Waals surface area contributed by atoms with E-state index >= 15 is 0 Å². The molecule has 0 saturated heterocycles. The van der Waals surface area contributed by atoms with Crippen molar-refractivity contribution in [1.29, 1.82) is 0 Å². The molecule has 1 heterocycles. The highest BCUT2D eigenvalue weighted by Crippen LogP contribution is 2.25. The van der Waals surface area contributed by atoms with Crippen molar-refractivity contribution in [2.24, 2.45) is 0 Å². The Morgan fingerprint density at radius 1 is 1.42 bits per heavy atom. The Labute approximate surface area is 108 Å². The van der Waals surface area contributed by atoms with Crippen LogP contribution in [0.4, 0.5) is 8.78 Å². The van der Waals surface area contributed by atoms with Gasteiger partial charge in [-0.1, -0.05) is 6.07 Å². The molecule has 0 fully saturated rings. The Balaban J connectivity index is 2.37. The van der Waals surface area contributed by atoms with Gasteiger partial charge in [0, 0.05) is 18.2 Å². The van der Waals surface area contributed by atoms with Crippen molar-refractivity contribution in [3.8, 4) is 0 Å². The van der Waals surface area contributed by atoms with Crippen LogP contribution in [0.2, 0.25) is 0 Å². The molecule has 1 atom stereocenters. The van der Waals surface area contributed by atoms with Crippen LogP contribution in [0.1, 0.15) is 5.56 Å². The fraction of sp³-hybridized carbons (Fsp3) is 0.333. The first-order valence-electron chi connectivity index (χ1n) is 5.70. The van der Waals surface area contributed by atoms with Crippen molar-refractivity contribution in [1.82, 2.24) is 20.1 Å². The van der Waals surface area contributed by atoms with E-state index < -0.39 is 17.2 Å². The summed E-state index contributed by atoms with van der Waals surface area (Å²) in [6.07, 6.45) is 2.74. The zero-order valence-corrected chi connectivity index (χ0v) is 10.3. The summed E-state index contributed by atoms with van der Waals surface area (Å²) in [7, 11) is 1.63. The second kappa shape index (κ2) is 5.41. The maximum atomic E-state index is 13.8. The van der Waals surface area contributed by atoms with Crippen molar-refractivity contribution < 1.29 is 13.9 Å².